The molecular formula is C22H18N4O4. The van der Waals surface area contributed by atoms with Gasteiger partial charge in [-0.2, -0.15) is 10.4 Å². The number of hydrogen-bond acceptors (Lipinski definition) is 7. The van der Waals surface area contributed by atoms with Crippen LogP contribution in [0.2, 0.25) is 0 Å². The summed E-state index contributed by atoms with van der Waals surface area (Å²) in [6.07, 6.45) is 3.14. The molecule has 8 nitrogen and oxygen atoms in total. The number of nitrogens with zero attached hydrogens (tertiary/aromatic N) is 4. The van der Waals surface area contributed by atoms with E-state index in [2.05, 4.69) is 10.1 Å². The van der Waals surface area contributed by atoms with Crippen LogP contribution in [-0.4, -0.2) is 27.8 Å². The molecule has 30 heavy (non-hydrogen) atoms. The largest absolute Gasteiger partial charge is 0.493 e. The fourth-order valence-electron chi connectivity index (χ4n) is 3.09. The van der Waals surface area contributed by atoms with Gasteiger partial charge in [-0.1, -0.05) is 0 Å². The average molecular weight is 402 g/mol. The van der Waals surface area contributed by atoms with Crippen LogP contribution in [-0.2, 0) is 0 Å². The van der Waals surface area contributed by atoms with Crippen molar-refractivity contribution in [2.45, 2.75) is 19.9 Å². The third-order valence-electron chi connectivity index (χ3n) is 4.54. The minimum Gasteiger partial charge on any atom is -0.493 e. The van der Waals surface area contributed by atoms with Gasteiger partial charge in [-0.25, -0.2) is 14.5 Å². The Hall–Kier alpha value is -4.12. The van der Waals surface area contributed by atoms with Crippen molar-refractivity contribution in [3.8, 4) is 29.0 Å². The number of rotatable bonds is 5. The van der Waals surface area contributed by atoms with Crippen molar-refractivity contribution < 1.29 is 18.7 Å². The van der Waals surface area contributed by atoms with Crippen molar-refractivity contribution in [3.05, 3.63) is 60.0 Å². The van der Waals surface area contributed by atoms with E-state index in [1.165, 1.54) is 19.2 Å². The molecule has 8 heteroatoms. The van der Waals surface area contributed by atoms with Crippen LogP contribution in [0.5, 0.6) is 11.5 Å². The van der Waals surface area contributed by atoms with Crippen LogP contribution >= 0.6 is 0 Å². The van der Waals surface area contributed by atoms with Crippen LogP contribution in [0.4, 0.5) is 0 Å². The van der Waals surface area contributed by atoms with Crippen molar-refractivity contribution >= 4 is 17.0 Å². The number of aromatic nitrogens is 3. The second kappa shape index (κ2) is 7.72. The van der Waals surface area contributed by atoms with Gasteiger partial charge in [0.25, 0.3) is 0 Å². The van der Waals surface area contributed by atoms with Gasteiger partial charge in [-0.05, 0) is 44.2 Å². The number of pyridine rings is 1. The first-order chi connectivity index (χ1) is 14.5. The molecule has 0 unspecified atom stereocenters. The highest BCUT2D eigenvalue weighted by Crippen LogP contribution is 2.31. The molecule has 0 aliphatic carbocycles. The third kappa shape index (κ3) is 3.37. The molecule has 0 saturated heterocycles. The SMILES string of the molecule is COc1cc(C#N)ccc1OC(=O)c1cc(-c2ccco2)nc2c1cnn2C(C)C. The molecule has 0 saturated carbocycles. The second-order valence-electron chi connectivity index (χ2n) is 6.82. The number of carbonyl (C=O) groups is 1. The molecule has 0 aliphatic heterocycles. The van der Waals surface area contributed by atoms with Crippen molar-refractivity contribution in [2.24, 2.45) is 0 Å². The Labute approximate surface area is 172 Å². The first-order valence-electron chi connectivity index (χ1n) is 9.24. The lowest BCUT2D eigenvalue weighted by molar-refractivity contribution is 0.0731. The number of furan rings is 1. The molecule has 3 heterocycles. The van der Waals surface area contributed by atoms with E-state index in [4.69, 9.17) is 19.2 Å². The summed E-state index contributed by atoms with van der Waals surface area (Å²) in [5.41, 5.74) is 1.74. The minimum absolute atomic E-state index is 0.0457. The maximum atomic E-state index is 13.1. The van der Waals surface area contributed by atoms with E-state index < -0.39 is 5.97 Å². The van der Waals surface area contributed by atoms with E-state index in [-0.39, 0.29) is 17.5 Å². The predicted octanol–water partition coefficient (Wildman–Crippen LogP) is 4.37. The summed E-state index contributed by atoms with van der Waals surface area (Å²) >= 11 is 0. The Morgan fingerprint density at radius 2 is 2.07 bits per heavy atom. The van der Waals surface area contributed by atoms with E-state index >= 15 is 0 Å². The molecule has 3 aromatic heterocycles. The Morgan fingerprint density at radius 1 is 1.23 bits per heavy atom. The summed E-state index contributed by atoms with van der Waals surface area (Å²) in [6, 6.07) is 11.8. The number of hydrogen-bond donors (Lipinski definition) is 0. The third-order valence-corrected chi connectivity index (χ3v) is 4.54. The lowest BCUT2D eigenvalue weighted by Crippen LogP contribution is -2.11. The van der Waals surface area contributed by atoms with Gasteiger partial charge in [0, 0.05) is 12.1 Å². The summed E-state index contributed by atoms with van der Waals surface area (Å²) in [7, 11) is 1.44. The molecule has 0 fully saturated rings. The predicted molar refractivity (Wildman–Crippen MR) is 108 cm³/mol. The number of ether oxygens (including phenoxy) is 2. The summed E-state index contributed by atoms with van der Waals surface area (Å²) in [6.45, 7) is 3.96. The number of esters is 1. The first-order valence-corrected chi connectivity index (χ1v) is 9.24. The summed E-state index contributed by atoms with van der Waals surface area (Å²) in [5, 5.41) is 14.0. The minimum atomic E-state index is -0.596. The van der Waals surface area contributed by atoms with E-state index in [1.54, 1.807) is 41.4 Å². The zero-order valence-electron chi connectivity index (χ0n) is 16.6. The fourth-order valence-corrected chi connectivity index (χ4v) is 3.09. The fraction of sp³-hybridized carbons (Fsp3) is 0.182. The lowest BCUT2D eigenvalue weighted by Gasteiger charge is -2.11. The van der Waals surface area contributed by atoms with Gasteiger partial charge in [-0.15, -0.1) is 0 Å². The molecule has 4 rings (SSSR count). The second-order valence-corrected chi connectivity index (χ2v) is 6.82. The van der Waals surface area contributed by atoms with Crippen molar-refractivity contribution in [3.63, 3.8) is 0 Å². The van der Waals surface area contributed by atoms with Gasteiger partial charge in [0.2, 0.25) is 0 Å². The summed E-state index contributed by atoms with van der Waals surface area (Å²) in [5.74, 6) is 0.430. The van der Waals surface area contributed by atoms with Crippen LogP contribution in [0.3, 0.4) is 0 Å². The number of fused-ring (bicyclic) bond motifs is 1. The number of carbonyl (C=O) groups excluding carboxylic acids is 1. The molecule has 0 spiro atoms. The molecular weight excluding hydrogens is 384 g/mol. The summed E-state index contributed by atoms with van der Waals surface area (Å²) < 4.78 is 18.1. The highest BCUT2D eigenvalue weighted by atomic mass is 16.6. The van der Waals surface area contributed by atoms with Gasteiger partial charge >= 0.3 is 5.97 Å². The smallest absolute Gasteiger partial charge is 0.344 e. The molecule has 4 aromatic rings. The average Bonchev–Trinajstić information content (AvgIpc) is 3.43. The first kappa shape index (κ1) is 19.2. The van der Waals surface area contributed by atoms with Crippen molar-refractivity contribution in [1.82, 2.24) is 14.8 Å². The Bertz CT molecular complexity index is 1270. The molecule has 0 aliphatic rings. The quantitative estimate of drug-likeness (QED) is 0.361. The van der Waals surface area contributed by atoms with E-state index in [0.717, 1.165) is 0 Å². The zero-order chi connectivity index (χ0) is 21.3. The molecule has 0 amide bonds. The monoisotopic (exact) mass is 402 g/mol. The van der Waals surface area contributed by atoms with Gasteiger partial charge in [0.15, 0.2) is 22.9 Å². The van der Waals surface area contributed by atoms with Crippen molar-refractivity contribution in [1.29, 1.82) is 5.26 Å². The Kier molecular flexibility index (Phi) is 4.94. The maximum absolute atomic E-state index is 13.1. The molecule has 0 radical (unpaired) electrons. The summed E-state index contributed by atoms with van der Waals surface area (Å²) in [4.78, 5) is 17.8. The van der Waals surface area contributed by atoms with Gasteiger partial charge in [-0.3, -0.25) is 0 Å². The highest BCUT2D eigenvalue weighted by molar-refractivity contribution is 6.04. The van der Waals surface area contributed by atoms with E-state index in [0.29, 0.717) is 33.6 Å². The van der Waals surface area contributed by atoms with Gasteiger partial charge < -0.3 is 13.9 Å². The van der Waals surface area contributed by atoms with E-state index in [9.17, 15) is 4.79 Å². The van der Waals surface area contributed by atoms with E-state index in [1.807, 2.05) is 19.9 Å². The molecule has 0 N–H and O–H groups in total. The Morgan fingerprint density at radius 3 is 2.73 bits per heavy atom. The highest BCUT2D eigenvalue weighted by Gasteiger charge is 2.22. The topological polar surface area (TPSA) is 103 Å². The zero-order valence-corrected chi connectivity index (χ0v) is 16.6. The number of benzene rings is 1. The van der Waals surface area contributed by atoms with Crippen LogP contribution < -0.4 is 9.47 Å². The van der Waals surface area contributed by atoms with Crippen molar-refractivity contribution in [2.75, 3.05) is 7.11 Å². The van der Waals surface area contributed by atoms with Crippen LogP contribution in [0.15, 0.2) is 53.3 Å². The standard InChI is InChI=1S/C22H18N4O4/c1-13(2)26-21-16(12-24-26)15(10-17(25-21)18-5-4-8-29-18)22(27)30-19-7-6-14(11-23)9-20(19)28-3/h4-10,12-13H,1-3H3. The van der Waals surface area contributed by atoms with Gasteiger partial charge in [0.05, 0.1) is 42.2 Å². The molecule has 1 aromatic carbocycles. The molecule has 0 atom stereocenters. The molecule has 150 valence electrons. The maximum Gasteiger partial charge on any atom is 0.344 e. The van der Waals surface area contributed by atoms with Crippen LogP contribution in [0.25, 0.3) is 22.5 Å². The molecule has 0 bridgehead atoms. The van der Waals surface area contributed by atoms with Crippen LogP contribution in [0, 0.1) is 11.3 Å². The normalized spacial score (nSPS) is 10.9. The Balaban J connectivity index is 1.82. The van der Waals surface area contributed by atoms with Crippen LogP contribution in [0.1, 0.15) is 35.8 Å². The number of nitriles is 1. The number of methoxy groups -OCH3 is 1. The lowest BCUT2D eigenvalue weighted by atomic mass is 10.1. The van der Waals surface area contributed by atoms with Gasteiger partial charge in [0.1, 0.15) is 5.69 Å².